The molecule has 28 heavy (non-hydrogen) atoms. The molecule has 0 bridgehead atoms. The van der Waals surface area contributed by atoms with Crippen molar-refractivity contribution in [2.45, 2.75) is 44.4 Å². The number of carbonyl (C=O) groups is 4. The first-order valence-corrected chi connectivity index (χ1v) is 11.4. The van der Waals surface area contributed by atoms with Crippen molar-refractivity contribution >= 4 is 45.2 Å². The molecule has 0 aromatic rings. The summed E-state index contributed by atoms with van der Waals surface area (Å²) in [6, 6.07) is -3.63. The average Bonchev–Trinajstić information content (AvgIpc) is 2.62. The molecule has 0 aromatic carbocycles. The van der Waals surface area contributed by atoms with Crippen LogP contribution in [-0.2, 0) is 19.2 Å². The quantitative estimate of drug-likeness (QED) is 0.269. The minimum Gasteiger partial charge on any atom is -0.394 e. The molecule has 0 aliphatic carbocycles. The lowest BCUT2D eigenvalue weighted by atomic mass is 10.0. The number of amides is 4. The van der Waals surface area contributed by atoms with Crippen molar-refractivity contribution in [3.05, 3.63) is 0 Å². The molecule has 1 heterocycles. The largest absolute Gasteiger partial charge is 0.394 e. The van der Waals surface area contributed by atoms with Gasteiger partial charge in [-0.1, -0.05) is 35.4 Å². The zero-order valence-corrected chi connectivity index (χ0v) is 17.8. The van der Waals surface area contributed by atoms with E-state index in [2.05, 4.69) is 21.3 Å². The summed E-state index contributed by atoms with van der Waals surface area (Å²) in [5.74, 6) is -1.69. The molecule has 1 saturated heterocycles. The van der Waals surface area contributed by atoms with Gasteiger partial charge in [-0.25, -0.2) is 0 Å². The molecule has 4 amide bonds. The number of primary amides is 1. The van der Waals surface area contributed by atoms with E-state index in [0.717, 1.165) is 0 Å². The molecule has 0 saturated carbocycles. The van der Waals surface area contributed by atoms with Gasteiger partial charge < -0.3 is 32.1 Å². The minimum absolute atomic E-state index is 0.105. The van der Waals surface area contributed by atoms with Crippen LogP contribution in [0.4, 0.5) is 0 Å². The first kappa shape index (κ1) is 24.5. The van der Waals surface area contributed by atoms with Crippen LogP contribution in [-0.4, -0.2) is 78.1 Å². The molecular weight excluding hydrogens is 406 g/mol. The van der Waals surface area contributed by atoms with Crippen LogP contribution in [0.1, 0.15) is 20.3 Å². The molecule has 1 aliphatic heterocycles. The maximum Gasteiger partial charge on any atom is 0.245 e. The highest BCUT2D eigenvalue weighted by Gasteiger charge is 2.31. The van der Waals surface area contributed by atoms with Crippen LogP contribution in [0.5, 0.6) is 0 Å². The van der Waals surface area contributed by atoms with Crippen LogP contribution in [0.15, 0.2) is 0 Å². The zero-order chi connectivity index (χ0) is 21.3. The summed E-state index contributed by atoms with van der Waals surface area (Å²) in [5.41, 5.74) is 5.33. The summed E-state index contributed by atoms with van der Waals surface area (Å²) in [4.78, 5) is 49.2. The average molecular weight is 436 g/mol. The fourth-order valence-electron chi connectivity index (χ4n) is 2.43. The van der Waals surface area contributed by atoms with Gasteiger partial charge in [0.25, 0.3) is 0 Å². The summed E-state index contributed by atoms with van der Waals surface area (Å²) in [6.45, 7) is 3.15. The molecule has 0 radical (unpaired) electrons. The highest BCUT2D eigenvalue weighted by atomic mass is 33.1. The molecule has 4 atom stereocenters. The summed E-state index contributed by atoms with van der Waals surface area (Å²) in [6.07, 6.45) is 0.361. The predicted molar refractivity (Wildman–Crippen MR) is 109 cm³/mol. The van der Waals surface area contributed by atoms with Gasteiger partial charge in [0.05, 0.1) is 12.6 Å². The van der Waals surface area contributed by atoms with E-state index in [1.165, 1.54) is 21.6 Å². The van der Waals surface area contributed by atoms with Crippen molar-refractivity contribution < 1.29 is 24.3 Å². The van der Waals surface area contributed by atoms with Gasteiger partial charge in [-0.15, -0.1) is 0 Å². The maximum absolute atomic E-state index is 12.7. The Kier molecular flexibility index (Phi) is 10.6. The van der Waals surface area contributed by atoms with Crippen LogP contribution < -0.4 is 27.0 Å². The van der Waals surface area contributed by atoms with Crippen molar-refractivity contribution in [2.24, 2.45) is 11.7 Å². The van der Waals surface area contributed by atoms with E-state index in [9.17, 15) is 24.3 Å². The van der Waals surface area contributed by atoms with Gasteiger partial charge in [-0.05, 0) is 19.4 Å². The smallest absolute Gasteiger partial charge is 0.245 e. The van der Waals surface area contributed by atoms with Crippen molar-refractivity contribution in [1.82, 2.24) is 21.3 Å². The number of carbonyl (C=O) groups excluding carboxylic acids is 4. The van der Waals surface area contributed by atoms with E-state index in [1.54, 1.807) is 7.05 Å². The molecule has 0 unspecified atom stereocenters. The van der Waals surface area contributed by atoms with Gasteiger partial charge in [-0.3, -0.25) is 19.2 Å². The van der Waals surface area contributed by atoms with Gasteiger partial charge in [0.1, 0.15) is 18.1 Å². The van der Waals surface area contributed by atoms with Crippen molar-refractivity contribution in [3.63, 3.8) is 0 Å². The van der Waals surface area contributed by atoms with E-state index >= 15 is 0 Å². The molecular formula is C16H29N5O5S2. The summed E-state index contributed by atoms with van der Waals surface area (Å²) in [7, 11) is 4.28. The second-order valence-corrected chi connectivity index (χ2v) is 9.36. The monoisotopic (exact) mass is 435 g/mol. The van der Waals surface area contributed by atoms with E-state index in [4.69, 9.17) is 5.73 Å². The molecule has 1 fully saturated rings. The fourth-order valence-corrected chi connectivity index (χ4v) is 4.86. The van der Waals surface area contributed by atoms with Crippen LogP contribution in [0.3, 0.4) is 0 Å². The first-order chi connectivity index (χ1) is 13.2. The number of hydrogen-bond donors (Lipinski definition) is 6. The van der Waals surface area contributed by atoms with E-state index in [0.29, 0.717) is 12.2 Å². The standard InChI is InChI=1S/C16H29N5O5S2/c1-8(2)4-9-14(24)20-10(5-22)15(25)21-11(13(17)23)6-27-28-7-12(18-3)16(26)19-9/h8-12,18,22H,4-7H2,1-3H3,(H2,17,23)(H,19,26)(H,20,24)(H,21,25)/t9-,10-,11-,12-/m0/s1. The highest BCUT2D eigenvalue weighted by molar-refractivity contribution is 8.76. The number of hydrogen-bond acceptors (Lipinski definition) is 8. The number of aliphatic hydroxyl groups excluding tert-OH is 1. The number of rotatable bonds is 5. The molecule has 160 valence electrons. The van der Waals surface area contributed by atoms with Crippen molar-refractivity contribution in [2.75, 3.05) is 25.2 Å². The molecule has 7 N–H and O–H groups in total. The van der Waals surface area contributed by atoms with E-state index < -0.39 is 48.5 Å². The molecule has 12 heteroatoms. The normalized spacial score (nSPS) is 28.1. The molecule has 0 spiro atoms. The number of aliphatic hydroxyl groups is 1. The Morgan fingerprint density at radius 1 is 1.11 bits per heavy atom. The Hall–Kier alpha value is -1.50. The maximum atomic E-state index is 12.7. The number of likely N-dealkylation sites (N-methyl/N-ethyl adjacent to an activating group) is 1. The Balaban J connectivity index is 3.09. The second-order valence-electron chi connectivity index (χ2n) is 6.81. The Morgan fingerprint density at radius 3 is 2.21 bits per heavy atom. The van der Waals surface area contributed by atoms with Gasteiger partial charge in [-0.2, -0.15) is 0 Å². The Morgan fingerprint density at radius 2 is 1.68 bits per heavy atom. The molecule has 1 rings (SSSR count). The Labute approximate surface area is 172 Å². The molecule has 0 aromatic heterocycles. The minimum atomic E-state index is -1.26. The first-order valence-electron chi connectivity index (χ1n) is 8.92. The summed E-state index contributed by atoms with van der Waals surface area (Å²) < 4.78 is 0. The van der Waals surface area contributed by atoms with Gasteiger partial charge in [0.15, 0.2) is 0 Å². The van der Waals surface area contributed by atoms with Gasteiger partial charge in [0, 0.05) is 11.5 Å². The second kappa shape index (κ2) is 12.1. The lowest BCUT2D eigenvalue weighted by Gasteiger charge is -2.26. The van der Waals surface area contributed by atoms with Crippen molar-refractivity contribution in [1.29, 1.82) is 0 Å². The molecule has 10 nitrogen and oxygen atoms in total. The lowest BCUT2D eigenvalue weighted by molar-refractivity contribution is -0.134. The SMILES string of the molecule is CN[C@H]1CSSC[C@@H](C(N)=O)NC(=O)[C@H](CO)NC(=O)[C@H](CC(C)C)NC1=O. The number of nitrogens with one attached hydrogen (secondary N) is 4. The van der Waals surface area contributed by atoms with Gasteiger partial charge >= 0.3 is 0 Å². The summed E-state index contributed by atoms with van der Waals surface area (Å²) in [5, 5.41) is 20.0. The molecule has 1 aliphatic rings. The topological polar surface area (TPSA) is 163 Å². The third kappa shape index (κ3) is 7.86. The van der Waals surface area contributed by atoms with Crippen LogP contribution in [0.2, 0.25) is 0 Å². The van der Waals surface area contributed by atoms with Crippen LogP contribution in [0.25, 0.3) is 0 Å². The van der Waals surface area contributed by atoms with Crippen LogP contribution >= 0.6 is 21.6 Å². The zero-order valence-electron chi connectivity index (χ0n) is 16.2. The van der Waals surface area contributed by atoms with Gasteiger partial charge in [0.2, 0.25) is 23.6 Å². The lowest BCUT2D eigenvalue weighted by Crippen LogP contribution is -2.59. The fraction of sp³-hybridized carbons (Fsp3) is 0.750. The Bertz CT molecular complexity index is 578. The van der Waals surface area contributed by atoms with Crippen molar-refractivity contribution in [3.8, 4) is 0 Å². The number of nitrogens with two attached hydrogens (primary N) is 1. The third-order valence-electron chi connectivity index (χ3n) is 4.03. The predicted octanol–water partition coefficient (Wildman–Crippen LogP) is -2.05. The summed E-state index contributed by atoms with van der Waals surface area (Å²) >= 11 is 0. The van der Waals surface area contributed by atoms with Crippen LogP contribution in [0, 0.1) is 5.92 Å². The highest BCUT2D eigenvalue weighted by Crippen LogP contribution is 2.23. The van der Waals surface area contributed by atoms with E-state index in [-0.39, 0.29) is 17.6 Å². The van der Waals surface area contributed by atoms with E-state index in [1.807, 2.05) is 13.8 Å². The third-order valence-corrected chi connectivity index (χ3v) is 6.46.